The number of hydrogen-bond acceptors (Lipinski definition) is 13. The summed E-state index contributed by atoms with van der Waals surface area (Å²) in [7, 11) is 0. The number of aromatic nitrogens is 10. The van der Waals surface area contributed by atoms with Crippen LogP contribution in [0.5, 0.6) is 0 Å². The molecule has 0 radical (unpaired) electrons. The van der Waals surface area contributed by atoms with Gasteiger partial charge in [0.1, 0.15) is 12.6 Å². The smallest absolute Gasteiger partial charge is 0.247 e. The summed E-state index contributed by atoms with van der Waals surface area (Å²) < 4.78 is 8.10. The summed E-state index contributed by atoms with van der Waals surface area (Å²) in [6, 6.07) is 31.9. The van der Waals surface area contributed by atoms with Gasteiger partial charge in [0.15, 0.2) is 0 Å². The van der Waals surface area contributed by atoms with E-state index in [1.807, 2.05) is 108 Å². The van der Waals surface area contributed by atoms with Gasteiger partial charge in [-0.1, -0.05) is 59.8 Å². The molecule has 9 heterocycles. The molecule has 0 aliphatic carbocycles. The average molecular weight is 786 g/mol. The SMILES string of the molecule is C1=CN=CC1.O=c1cccc[nH]1.c1cc[nH]c1.c1ccccc1.c1ccncc1.c1cnccn1.c1cncnc1.c1cnoc1.c1cnsc1.c1cscn1. The minimum Gasteiger partial charge on any atom is -0.368 e. The van der Waals surface area contributed by atoms with Crippen molar-refractivity contribution in [3.05, 3.63) is 241 Å². The summed E-state index contributed by atoms with van der Waals surface area (Å²) in [5.74, 6) is 0. The lowest BCUT2D eigenvalue weighted by Gasteiger charge is -1.73. The van der Waals surface area contributed by atoms with Crippen molar-refractivity contribution in [2.45, 2.75) is 6.42 Å². The third-order valence-corrected chi connectivity index (χ3v) is 5.99. The van der Waals surface area contributed by atoms with Crippen molar-refractivity contribution in [2.75, 3.05) is 0 Å². The highest BCUT2D eigenvalue weighted by Crippen LogP contribution is 1.87. The first-order chi connectivity index (χ1) is 27.9. The van der Waals surface area contributed by atoms with Crippen LogP contribution in [0.25, 0.3) is 0 Å². The topological polar surface area (TPSA) is 177 Å². The predicted molar refractivity (Wildman–Crippen MR) is 226 cm³/mol. The van der Waals surface area contributed by atoms with Crippen LogP contribution in [-0.4, -0.2) is 55.6 Å². The van der Waals surface area contributed by atoms with Gasteiger partial charge in [0.25, 0.3) is 0 Å². The van der Waals surface area contributed by atoms with Gasteiger partial charge < -0.3 is 14.5 Å². The molecule has 13 nitrogen and oxygen atoms in total. The van der Waals surface area contributed by atoms with E-state index in [2.05, 4.69) is 58.9 Å². The van der Waals surface area contributed by atoms with Crippen LogP contribution < -0.4 is 5.56 Å². The summed E-state index contributed by atoms with van der Waals surface area (Å²) in [5.41, 5.74) is 1.74. The molecule has 56 heavy (non-hydrogen) atoms. The van der Waals surface area contributed by atoms with Crippen LogP contribution in [0, 0.1) is 0 Å². The summed E-state index contributed by atoms with van der Waals surface area (Å²) in [4.78, 5) is 41.6. The molecule has 8 aromatic heterocycles. The Morgan fingerprint density at radius 2 is 1.20 bits per heavy atom. The normalized spacial score (nSPS) is 8.93. The molecule has 0 fully saturated rings. The maximum atomic E-state index is 10.2. The van der Waals surface area contributed by atoms with Gasteiger partial charge in [-0.05, 0) is 60.1 Å². The van der Waals surface area contributed by atoms with Crippen LogP contribution in [-0.2, 0) is 0 Å². The molecular formula is C41H43N11O2S2. The van der Waals surface area contributed by atoms with E-state index < -0.39 is 0 Å². The largest absolute Gasteiger partial charge is 0.368 e. The molecule has 0 saturated heterocycles. The van der Waals surface area contributed by atoms with Gasteiger partial charge in [-0.15, -0.1) is 11.3 Å². The van der Waals surface area contributed by atoms with Crippen LogP contribution in [0.3, 0.4) is 0 Å². The van der Waals surface area contributed by atoms with Crippen LogP contribution in [0.15, 0.2) is 245 Å². The zero-order chi connectivity index (χ0) is 39.8. The molecule has 0 bridgehead atoms. The first kappa shape index (κ1) is 46.7. The highest BCUT2D eigenvalue weighted by atomic mass is 32.1. The van der Waals surface area contributed by atoms with E-state index in [1.54, 1.807) is 122 Å². The van der Waals surface area contributed by atoms with Gasteiger partial charge >= 0.3 is 0 Å². The lowest BCUT2D eigenvalue weighted by molar-refractivity contribution is 0.420. The molecule has 1 aliphatic rings. The molecule has 2 N–H and O–H groups in total. The second-order valence-corrected chi connectivity index (χ2v) is 10.5. The van der Waals surface area contributed by atoms with Crippen molar-refractivity contribution < 1.29 is 4.52 Å². The fourth-order valence-corrected chi connectivity index (χ4v) is 3.39. The number of nitrogens with zero attached hydrogens (tertiary/aromatic N) is 9. The number of pyridine rings is 2. The Morgan fingerprint density at radius 3 is 1.39 bits per heavy atom. The second-order valence-electron chi connectivity index (χ2n) is 9.09. The third kappa shape index (κ3) is 39.4. The van der Waals surface area contributed by atoms with Gasteiger partial charge in [0.05, 0.1) is 11.7 Å². The zero-order valence-corrected chi connectivity index (χ0v) is 32.0. The van der Waals surface area contributed by atoms with Gasteiger partial charge in [-0.3, -0.25) is 29.7 Å². The molecule has 0 atom stereocenters. The van der Waals surface area contributed by atoms with Crippen LogP contribution >= 0.6 is 22.9 Å². The lowest BCUT2D eigenvalue weighted by Crippen LogP contribution is -1.98. The standard InChI is InChI=1S/C6H6.C5H5NO.C5H5N.2C4H4N2.2C4H5N.C3H3NO.2C3H3NS/c1-2-4-6-5-3-1;7-5-3-1-2-4-6-5;1-2-4-6-5-3-1;1-2-6-4-3-5-1;1-2-5-4-6-3-1;3*1-2-4-5-3-1;1-2-5-3-4-1;1-2-4-5-3-1/h1-6H;1-4H,(H,6,7);1-5H;2*1-4H;1,3-4H,2H2;1-5H;3*1-3H. The first-order valence-corrected chi connectivity index (χ1v) is 18.3. The third-order valence-electron chi connectivity index (χ3n) is 4.94. The van der Waals surface area contributed by atoms with Gasteiger partial charge in [0, 0.05) is 116 Å². The Balaban J connectivity index is 0.000000312. The van der Waals surface area contributed by atoms with E-state index in [1.165, 1.54) is 30.2 Å². The van der Waals surface area contributed by atoms with Crippen molar-refractivity contribution in [2.24, 2.45) is 4.99 Å². The number of aromatic amines is 2. The molecule has 10 rings (SSSR count). The van der Waals surface area contributed by atoms with Gasteiger partial charge in [-0.2, -0.15) is 0 Å². The number of hydrogen-bond donors (Lipinski definition) is 2. The summed E-state index contributed by atoms with van der Waals surface area (Å²) in [6.45, 7) is 0. The van der Waals surface area contributed by atoms with Gasteiger partial charge in [0.2, 0.25) is 5.56 Å². The highest BCUT2D eigenvalue weighted by Gasteiger charge is 1.73. The van der Waals surface area contributed by atoms with E-state index in [-0.39, 0.29) is 5.56 Å². The molecule has 9 aromatic rings. The van der Waals surface area contributed by atoms with Crippen LogP contribution in [0.2, 0.25) is 0 Å². The summed E-state index contributed by atoms with van der Waals surface area (Å²) in [6.07, 6.45) is 33.6. The number of nitrogens with one attached hydrogen (secondary N) is 2. The van der Waals surface area contributed by atoms with Gasteiger partial charge in [-0.25, -0.2) is 14.3 Å². The lowest BCUT2D eigenvalue weighted by atomic mass is 10.4. The number of H-pyrrole nitrogens is 2. The summed E-state index contributed by atoms with van der Waals surface area (Å²) in [5, 5.41) is 7.21. The molecular weight excluding hydrogens is 743 g/mol. The Labute approximate surface area is 334 Å². The number of benzene rings is 1. The van der Waals surface area contributed by atoms with Crippen molar-refractivity contribution in [3.8, 4) is 0 Å². The number of thiazole rings is 1. The minimum atomic E-state index is -0.0532. The molecule has 286 valence electrons. The first-order valence-electron chi connectivity index (χ1n) is 16.5. The highest BCUT2D eigenvalue weighted by molar-refractivity contribution is 7.07. The van der Waals surface area contributed by atoms with Crippen LogP contribution in [0.4, 0.5) is 0 Å². The van der Waals surface area contributed by atoms with E-state index in [4.69, 9.17) is 0 Å². The van der Waals surface area contributed by atoms with Crippen molar-refractivity contribution in [1.82, 2.24) is 49.4 Å². The Hall–Kier alpha value is -7.36. The quantitative estimate of drug-likeness (QED) is 0.151. The Bertz CT molecular complexity index is 1550. The number of allylic oxidation sites excluding steroid dienone is 1. The molecule has 1 aromatic carbocycles. The monoisotopic (exact) mass is 785 g/mol. The molecule has 0 unspecified atom stereocenters. The Kier molecular flexibility index (Phi) is 35.0. The van der Waals surface area contributed by atoms with Crippen molar-refractivity contribution >= 4 is 29.1 Å². The molecule has 1 aliphatic heterocycles. The zero-order valence-electron chi connectivity index (χ0n) is 30.4. The maximum Gasteiger partial charge on any atom is 0.247 e. The second kappa shape index (κ2) is 42.1. The fraction of sp³-hybridized carbons (Fsp3) is 0.0244. The Morgan fingerprint density at radius 1 is 0.554 bits per heavy atom. The predicted octanol–water partition coefficient (Wildman–Crippen LogP) is 9.05. The number of aliphatic imine (C=N–C) groups is 1. The van der Waals surface area contributed by atoms with Crippen LogP contribution in [0.1, 0.15) is 6.42 Å². The average Bonchev–Trinajstić information content (AvgIpc) is 4.17. The maximum absolute atomic E-state index is 10.2. The fourth-order valence-electron chi connectivity index (χ4n) is 2.69. The summed E-state index contributed by atoms with van der Waals surface area (Å²) >= 11 is 3.06. The molecule has 15 heteroatoms. The van der Waals surface area contributed by atoms with Crippen molar-refractivity contribution in [1.29, 1.82) is 0 Å². The minimum absolute atomic E-state index is 0.0532. The van der Waals surface area contributed by atoms with E-state index >= 15 is 0 Å². The molecule has 0 spiro atoms. The number of rotatable bonds is 0. The molecule has 0 saturated carbocycles. The van der Waals surface area contributed by atoms with E-state index in [9.17, 15) is 4.79 Å². The molecule has 0 amide bonds. The van der Waals surface area contributed by atoms with E-state index in [0.29, 0.717) is 0 Å². The van der Waals surface area contributed by atoms with Crippen molar-refractivity contribution in [3.63, 3.8) is 0 Å². The van der Waals surface area contributed by atoms with E-state index in [0.717, 1.165) is 6.42 Å².